The Bertz CT molecular complexity index is 691. The number of anilines is 2. The third kappa shape index (κ3) is 1.86. The largest absolute Gasteiger partial charge is 0.349 e. The Kier molecular flexibility index (Phi) is 2.88. The summed E-state index contributed by atoms with van der Waals surface area (Å²) in [6, 6.07) is 8.30. The van der Waals surface area contributed by atoms with Crippen molar-refractivity contribution in [1.29, 1.82) is 0 Å². The number of hydrogen-bond donors (Lipinski definition) is 0. The summed E-state index contributed by atoms with van der Waals surface area (Å²) >= 11 is 12.6. The van der Waals surface area contributed by atoms with Crippen LogP contribution < -0.4 is 9.80 Å². The number of rotatable bonds is 0. The van der Waals surface area contributed by atoms with Gasteiger partial charge in [-0.05, 0) is 48.2 Å². The Labute approximate surface area is 134 Å². The summed E-state index contributed by atoms with van der Waals surface area (Å²) in [6.45, 7) is 6.96. The molecule has 2 heterocycles. The van der Waals surface area contributed by atoms with E-state index in [1.807, 2.05) is 12.1 Å². The average Bonchev–Trinajstić information content (AvgIpc) is 2.46. The molecule has 0 radical (unpaired) electrons. The zero-order valence-corrected chi connectivity index (χ0v) is 13.6. The maximum absolute atomic E-state index is 6.31. The summed E-state index contributed by atoms with van der Waals surface area (Å²) in [4.78, 5) is 4.82. The van der Waals surface area contributed by atoms with Crippen molar-refractivity contribution < 1.29 is 0 Å². The predicted molar refractivity (Wildman–Crippen MR) is 89.6 cm³/mol. The summed E-state index contributed by atoms with van der Waals surface area (Å²) in [7, 11) is 0. The van der Waals surface area contributed by atoms with Gasteiger partial charge >= 0.3 is 0 Å². The van der Waals surface area contributed by atoms with E-state index in [4.69, 9.17) is 23.2 Å². The van der Waals surface area contributed by atoms with Crippen molar-refractivity contribution in [2.45, 2.75) is 26.9 Å². The fourth-order valence-electron chi connectivity index (χ4n) is 3.62. The van der Waals surface area contributed by atoms with Crippen LogP contribution in [0, 0.1) is 13.8 Å². The monoisotopic (exact) mass is 318 g/mol. The molecule has 0 saturated heterocycles. The molecule has 0 unspecified atom stereocenters. The molecule has 2 aliphatic rings. The van der Waals surface area contributed by atoms with E-state index >= 15 is 0 Å². The Balaban J connectivity index is 1.89. The first-order valence-electron chi connectivity index (χ1n) is 7.12. The van der Waals surface area contributed by atoms with Crippen LogP contribution in [0.3, 0.4) is 0 Å². The minimum atomic E-state index is 0.847. The molecule has 0 fully saturated rings. The number of nitrogens with zero attached hydrogens (tertiary/aromatic N) is 2. The quantitative estimate of drug-likeness (QED) is 0.681. The molecule has 0 aliphatic carbocycles. The van der Waals surface area contributed by atoms with Crippen molar-refractivity contribution in [3.63, 3.8) is 0 Å². The summed E-state index contributed by atoms with van der Waals surface area (Å²) in [5.41, 5.74) is 7.65. The van der Waals surface area contributed by atoms with Crippen molar-refractivity contribution in [3.8, 4) is 0 Å². The van der Waals surface area contributed by atoms with Crippen LogP contribution in [0.1, 0.15) is 22.3 Å². The molecule has 0 aromatic heterocycles. The second-order valence-corrected chi connectivity index (χ2v) is 6.71. The topological polar surface area (TPSA) is 6.48 Å². The highest BCUT2D eigenvalue weighted by molar-refractivity contribution is 6.32. The standard InChI is InChI=1S/C17H16Cl2N2/c1-10-14(18)5-3-12-7-21-9-20(16(10)12)8-13-4-6-15(19)11(2)17(13)21/h3-6H,7-9H2,1-2H3. The average molecular weight is 319 g/mol. The lowest BCUT2D eigenvalue weighted by atomic mass is 9.97. The fraction of sp³-hybridized carbons (Fsp3) is 0.294. The fourth-order valence-corrected chi connectivity index (χ4v) is 3.92. The first kappa shape index (κ1) is 13.3. The van der Waals surface area contributed by atoms with Crippen molar-refractivity contribution in [2.24, 2.45) is 0 Å². The van der Waals surface area contributed by atoms with Gasteiger partial charge in [0.15, 0.2) is 0 Å². The van der Waals surface area contributed by atoms with Crippen LogP contribution in [0.25, 0.3) is 0 Å². The van der Waals surface area contributed by atoms with Crippen molar-refractivity contribution in [3.05, 3.63) is 56.6 Å². The molecule has 21 heavy (non-hydrogen) atoms. The van der Waals surface area contributed by atoms with E-state index in [1.54, 1.807) is 0 Å². The highest BCUT2D eigenvalue weighted by Gasteiger charge is 2.32. The maximum atomic E-state index is 6.31. The zero-order valence-electron chi connectivity index (χ0n) is 12.1. The summed E-state index contributed by atoms with van der Waals surface area (Å²) in [6.07, 6.45) is 0. The van der Waals surface area contributed by atoms with Crippen molar-refractivity contribution in [1.82, 2.24) is 0 Å². The van der Waals surface area contributed by atoms with E-state index in [2.05, 4.69) is 35.8 Å². The molecule has 0 saturated carbocycles. The van der Waals surface area contributed by atoms with Gasteiger partial charge < -0.3 is 9.80 Å². The van der Waals surface area contributed by atoms with Crippen LogP contribution in [0.2, 0.25) is 10.0 Å². The van der Waals surface area contributed by atoms with Gasteiger partial charge in [0, 0.05) is 34.5 Å². The van der Waals surface area contributed by atoms with Gasteiger partial charge in [-0.3, -0.25) is 0 Å². The Morgan fingerprint density at radius 2 is 1.19 bits per heavy atom. The van der Waals surface area contributed by atoms with Crippen molar-refractivity contribution in [2.75, 3.05) is 16.5 Å². The van der Waals surface area contributed by atoms with Crippen molar-refractivity contribution >= 4 is 34.6 Å². The molecule has 2 aliphatic heterocycles. The van der Waals surface area contributed by atoms with E-state index in [1.165, 1.54) is 33.6 Å². The highest BCUT2D eigenvalue weighted by atomic mass is 35.5. The molecule has 0 amide bonds. The Morgan fingerprint density at radius 3 is 1.62 bits per heavy atom. The lowest BCUT2D eigenvalue weighted by Crippen LogP contribution is -2.46. The molecule has 2 aromatic carbocycles. The van der Waals surface area contributed by atoms with Crippen LogP contribution in [0.5, 0.6) is 0 Å². The molecule has 4 rings (SSSR count). The lowest BCUT2D eigenvalue weighted by Gasteiger charge is -2.46. The van der Waals surface area contributed by atoms with Crippen LogP contribution >= 0.6 is 23.2 Å². The van der Waals surface area contributed by atoms with E-state index in [0.717, 1.165) is 29.8 Å². The van der Waals surface area contributed by atoms with E-state index in [-0.39, 0.29) is 0 Å². The molecule has 2 aromatic rings. The summed E-state index contributed by atoms with van der Waals surface area (Å²) in [5.74, 6) is 0. The molecule has 108 valence electrons. The predicted octanol–water partition coefficient (Wildman–Crippen LogP) is 4.91. The van der Waals surface area contributed by atoms with Gasteiger partial charge in [0.2, 0.25) is 0 Å². The normalized spacial score (nSPS) is 15.8. The van der Waals surface area contributed by atoms with Crippen LogP contribution in [-0.2, 0) is 13.1 Å². The number of benzene rings is 2. The molecule has 2 bridgehead atoms. The third-order valence-electron chi connectivity index (χ3n) is 4.59. The zero-order chi connectivity index (χ0) is 14.7. The SMILES string of the molecule is Cc1c(Cl)ccc2c1N1Cc3ccc(Cl)c(C)c3N(C2)C1. The van der Waals surface area contributed by atoms with E-state index in [0.29, 0.717) is 0 Å². The van der Waals surface area contributed by atoms with Gasteiger partial charge in [-0.25, -0.2) is 0 Å². The van der Waals surface area contributed by atoms with Crippen LogP contribution in [0.15, 0.2) is 24.3 Å². The molecule has 0 atom stereocenters. The highest BCUT2D eigenvalue weighted by Crippen LogP contribution is 2.43. The number of fused-ring (bicyclic) bond motifs is 6. The van der Waals surface area contributed by atoms with Crippen LogP contribution in [0.4, 0.5) is 11.4 Å². The smallest absolute Gasteiger partial charge is 0.0910 e. The molecule has 4 heteroatoms. The van der Waals surface area contributed by atoms with Gasteiger partial charge in [-0.2, -0.15) is 0 Å². The second-order valence-electron chi connectivity index (χ2n) is 5.90. The molecular weight excluding hydrogens is 303 g/mol. The van der Waals surface area contributed by atoms with E-state index < -0.39 is 0 Å². The van der Waals surface area contributed by atoms with Gasteiger partial charge in [0.05, 0.1) is 6.67 Å². The minimum absolute atomic E-state index is 0.847. The van der Waals surface area contributed by atoms with Gasteiger partial charge in [0.1, 0.15) is 0 Å². The van der Waals surface area contributed by atoms with E-state index in [9.17, 15) is 0 Å². The van der Waals surface area contributed by atoms with Crippen LogP contribution in [-0.4, -0.2) is 6.67 Å². The lowest BCUT2D eigenvalue weighted by molar-refractivity contribution is 0.647. The third-order valence-corrected chi connectivity index (χ3v) is 5.41. The number of hydrogen-bond acceptors (Lipinski definition) is 2. The molecule has 2 nitrogen and oxygen atoms in total. The first-order valence-corrected chi connectivity index (χ1v) is 7.87. The molecular formula is C17H16Cl2N2. The van der Waals surface area contributed by atoms with Gasteiger partial charge in [-0.1, -0.05) is 35.3 Å². The second kappa shape index (κ2) is 4.56. The maximum Gasteiger partial charge on any atom is 0.0910 e. The Morgan fingerprint density at radius 1 is 0.762 bits per heavy atom. The van der Waals surface area contributed by atoms with Gasteiger partial charge in [-0.15, -0.1) is 0 Å². The number of halogens is 2. The summed E-state index contributed by atoms with van der Waals surface area (Å²) < 4.78 is 0. The summed E-state index contributed by atoms with van der Waals surface area (Å²) in [5, 5.41) is 1.69. The molecule has 0 spiro atoms. The minimum Gasteiger partial charge on any atom is -0.349 e. The Hall–Kier alpha value is -1.38. The van der Waals surface area contributed by atoms with Gasteiger partial charge in [0.25, 0.3) is 0 Å². The first-order chi connectivity index (χ1) is 10.1. The molecule has 0 N–H and O–H groups in total.